The highest BCUT2D eigenvalue weighted by atomic mass is 32.2. The largest absolute Gasteiger partial charge is 0.387 e. The summed E-state index contributed by atoms with van der Waals surface area (Å²) in [4.78, 5) is 12.0. The summed E-state index contributed by atoms with van der Waals surface area (Å²) in [6, 6.07) is 7.26. The third-order valence-corrected chi connectivity index (χ3v) is 6.53. The number of anilines is 1. The number of benzene rings is 1. The van der Waals surface area contributed by atoms with E-state index in [4.69, 9.17) is 4.55 Å². The molecular formula is C19H23N3O4S. The zero-order valence-electron chi connectivity index (χ0n) is 15.1. The number of hydrogen-bond acceptors (Lipinski definition) is 5. The molecule has 0 spiro atoms. The molecule has 2 bridgehead atoms. The second-order valence-electron chi connectivity index (χ2n) is 7.42. The fourth-order valence-corrected chi connectivity index (χ4v) is 4.85. The van der Waals surface area contributed by atoms with Crippen molar-refractivity contribution in [2.24, 2.45) is 17.8 Å². The molecule has 1 aromatic rings. The van der Waals surface area contributed by atoms with E-state index < -0.39 is 16.0 Å². The van der Waals surface area contributed by atoms with Crippen molar-refractivity contribution in [3.05, 3.63) is 36.0 Å². The van der Waals surface area contributed by atoms with Crippen LogP contribution in [0.15, 0.2) is 40.9 Å². The first-order chi connectivity index (χ1) is 12.8. The van der Waals surface area contributed by atoms with Crippen LogP contribution in [0.25, 0.3) is 0 Å². The minimum atomic E-state index is -4.37. The van der Waals surface area contributed by atoms with Gasteiger partial charge >= 0.3 is 0 Å². The molecule has 1 aromatic carbocycles. The van der Waals surface area contributed by atoms with Gasteiger partial charge in [0, 0.05) is 17.9 Å². The summed E-state index contributed by atoms with van der Waals surface area (Å²) in [5.74, 6) is 1.47. The summed E-state index contributed by atoms with van der Waals surface area (Å²) < 4.78 is 31.5. The van der Waals surface area contributed by atoms with Crippen molar-refractivity contribution in [1.82, 2.24) is 5.32 Å². The molecule has 0 aliphatic heterocycles. The molecule has 2 aliphatic rings. The molecule has 0 saturated heterocycles. The Balaban J connectivity index is 1.64. The van der Waals surface area contributed by atoms with Crippen LogP contribution >= 0.6 is 0 Å². The van der Waals surface area contributed by atoms with Gasteiger partial charge in [0.05, 0.1) is 4.90 Å². The van der Waals surface area contributed by atoms with E-state index in [-0.39, 0.29) is 22.2 Å². The van der Waals surface area contributed by atoms with Gasteiger partial charge in [-0.25, -0.2) is 0 Å². The van der Waals surface area contributed by atoms with Gasteiger partial charge in [-0.2, -0.15) is 13.7 Å². The maximum Gasteiger partial charge on any atom is 0.294 e. The summed E-state index contributed by atoms with van der Waals surface area (Å²) in [5, 5.41) is 14.9. The standard InChI is InChI=1S/C19H23N3O4S/c1-12(18-8-13-5-6-14(18)7-13)21-11-15(10-20)19(23)22-16-3-2-4-17(9-16)27(24,25)26/h2-4,9,11-14,18,21H,5-8H2,1H3,(H,22,23)(H,24,25,26)/b15-11-. The molecule has 3 N–H and O–H groups in total. The molecule has 4 unspecified atom stereocenters. The highest BCUT2D eigenvalue weighted by Gasteiger charge is 2.41. The van der Waals surface area contributed by atoms with Gasteiger partial charge < -0.3 is 10.6 Å². The van der Waals surface area contributed by atoms with E-state index in [0.717, 1.165) is 17.9 Å². The molecule has 2 aliphatic carbocycles. The number of nitriles is 1. The second kappa shape index (κ2) is 7.71. The van der Waals surface area contributed by atoms with Crippen LogP contribution in [0.4, 0.5) is 5.69 Å². The average molecular weight is 389 g/mol. The molecule has 7 nitrogen and oxygen atoms in total. The lowest BCUT2D eigenvalue weighted by Gasteiger charge is -2.28. The van der Waals surface area contributed by atoms with Crippen LogP contribution in [0, 0.1) is 29.1 Å². The van der Waals surface area contributed by atoms with Gasteiger partial charge in [0.15, 0.2) is 0 Å². The number of hydrogen-bond donors (Lipinski definition) is 3. The molecule has 3 rings (SSSR count). The predicted molar refractivity (Wildman–Crippen MR) is 100 cm³/mol. The number of carbonyl (C=O) groups excluding carboxylic acids is 1. The van der Waals surface area contributed by atoms with Crippen LogP contribution in [-0.4, -0.2) is 24.9 Å². The van der Waals surface area contributed by atoms with Gasteiger partial charge in [-0.05, 0) is 62.1 Å². The van der Waals surface area contributed by atoms with Crippen molar-refractivity contribution < 1.29 is 17.8 Å². The molecule has 4 atom stereocenters. The number of nitrogens with one attached hydrogen (secondary N) is 2. The molecule has 8 heteroatoms. The van der Waals surface area contributed by atoms with E-state index in [2.05, 4.69) is 17.6 Å². The Hall–Kier alpha value is -2.37. The minimum absolute atomic E-state index is 0.0951. The van der Waals surface area contributed by atoms with E-state index in [0.29, 0.717) is 5.92 Å². The van der Waals surface area contributed by atoms with Crippen molar-refractivity contribution in [2.75, 3.05) is 5.32 Å². The van der Waals surface area contributed by atoms with E-state index in [1.54, 1.807) is 0 Å². The van der Waals surface area contributed by atoms with Crippen LogP contribution < -0.4 is 10.6 Å². The fourth-order valence-electron chi connectivity index (χ4n) is 4.33. The number of amides is 1. The third kappa shape index (κ3) is 4.49. The molecule has 0 aromatic heterocycles. The van der Waals surface area contributed by atoms with Crippen LogP contribution in [0.2, 0.25) is 0 Å². The van der Waals surface area contributed by atoms with Gasteiger partial charge in [0.25, 0.3) is 16.0 Å². The summed E-state index contributed by atoms with van der Waals surface area (Å²) in [5.41, 5.74) is 0.0830. The van der Waals surface area contributed by atoms with Crippen molar-refractivity contribution in [1.29, 1.82) is 5.26 Å². The summed E-state index contributed by atoms with van der Waals surface area (Å²) in [6.07, 6.45) is 6.50. The molecule has 0 radical (unpaired) electrons. The van der Waals surface area contributed by atoms with Crippen molar-refractivity contribution >= 4 is 21.7 Å². The molecule has 144 valence electrons. The summed E-state index contributed by atoms with van der Waals surface area (Å²) in [7, 11) is -4.37. The molecule has 0 heterocycles. The van der Waals surface area contributed by atoms with Gasteiger partial charge in [0.2, 0.25) is 0 Å². The van der Waals surface area contributed by atoms with Crippen molar-refractivity contribution in [3.63, 3.8) is 0 Å². The SMILES string of the molecule is CC(N/C=C(/C#N)C(=O)Nc1cccc(S(=O)(=O)O)c1)C1CC2CCC1C2. The number of rotatable bonds is 6. The van der Waals surface area contributed by atoms with E-state index in [1.807, 2.05) is 6.07 Å². The number of nitrogens with zero attached hydrogens (tertiary/aromatic N) is 1. The zero-order chi connectivity index (χ0) is 19.6. The highest BCUT2D eigenvalue weighted by molar-refractivity contribution is 7.85. The van der Waals surface area contributed by atoms with E-state index in [9.17, 15) is 18.5 Å². The Labute approximate surface area is 159 Å². The third-order valence-electron chi connectivity index (χ3n) is 5.68. The monoisotopic (exact) mass is 389 g/mol. The smallest absolute Gasteiger partial charge is 0.294 e. The minimum Gasteiger partial charge on any atom is -0.387 e. The Kier molecular flexibility index (Phi) is 5.53. The first-order valence-electron chi connectivity index (χ1n) is 9.03. The maximum atomic E-state index is 12.3. The van der Waals surface area contributed by atoms with Gasteiger partial charge in [0.1, 0.15) is 11.6 Å². The lowest BCUT2D eigenvalue weighted by atomic mass is 9.84. The summed E-state index contributed by atoms with van der Waals surface area (Å²) in [6.45, 7) is 2.07. The maximum absolute atomic E-state index is 12.3. The molecule has 2 fully saturated rings. The highest BCUT2D eigenvalue weighted by Crippen LogP contribution is 2.49. The van der Waals surface area contributed by atoms with Crippen molar-refractivity contribution in [2.45, 2.75) is 43.5 Å². The Bertz CT molecular complexity index is 904. The second-order valence-corrected chi connectivity index (χ2v) is 8.84. The first-order valence-corrected chi connectivity index (χ1v) is 10.5. The topological polar surface area (TPSA) is 119 Å². The number of fused-ring (bicyclic) bond motifs is 2. The normalized spacial score (nSPS) is 25.7. The van der Waals surface area contributed by atoms with E-state index in [1.165, 1.54) is 50.1 Å². The Morgan fingerprint density at radius 2 is 2.15 bits per heavy atom. The Morgan fingerprint density at radius 1 is 1.37 bits per heavy atom. The Morgan fingerprint density at radius 3 is 2.74 bits per heavy atom. The zero-order valence-corrected chi connectivity index (χ0v) is 15.9. The average Bonchev–Trinajstić information content (AvgIpc) is 3.25. The summed E-state index contributed by atoms with van der Waals surface area (Å²) >= 11 is 0. The molecule has 1 amide bonds. The lowest BCUT2D eigenvalue weighted by molar-refractivity contribution is -0.112. The van der Waals surface area contributed by atoms with Gasteiger partial charge in [-0.3, -0.25) is 9.35 Å². The van der Waals surface area contributed by atoms with Gasteiger partial charge in [-0.1, -0.05) is 12.5 Å². The quantitative estimate of drug-likeness (QED) is 0.391. The van der Waals surface area contributed by atoms with Crippen LogP contribution in [0.1, 0.15) is 32.6 Å². The van der Waals surface area contributed by atoms with E-state index >= 15 is 0 Å². The lowest BCUT2D eigenvalue weighted by Crippen LogP contribution is -2.34. The van der Waals surface area contributed by atoms with Crippen LogP contribution in [0.5, 0.6) is 0 Å². The van der Waals surface area contributed by atoms with Gasteiger partial charge in [-0.15, -0.1) is 0 Å². The molecule has 2 saturated carbocycles. The molecule has 27 heavy (non-hydrogen) atoms. The number of carbonyl (C=O) groups is 1. The van der Waals surface area contributed by atoms with Crippen molar-refractivity contribution in [3.8, 4) is 6.07 Å². The molecular weight excluding hydrogens is 366 g/mol. The van der Waals surface area contributed by atoms with Crippen LogP contribution in [0.3, 0.4) is 0 Å². The first kappa shape index (κ1) is 19.4. The predicted octanol–water partition coefficient (Wildman–Crippen LogP) is 2.69. The fraction of sp³-hybridized carbons (Fsp3) is 0.474. The van der Waals surface area contributed by atoms with Crippen LogP contribution in [-0.2, 0) is 14.9 Å².